The molecule has 0 aliphatic carbocycles. The number of nitrogens with zero attached hydrogens (tertiary/aromatic N) is 1. The number of rotatable bonds is 4. The number of aliphatic hydroxyl groups excluding tert-OH is 1. The van der Waals surface area contributed by atoms with E-state index in [2.05, 4.69) is 0 Å². The second kappa shape index (κ2) is 8.77. The van der Waals surface area contributed by atoms with Gasteiger partial charge >= 0.3 is 0 Å². The highest BCUT2D eigenvalue weighted by Gasteiger charge is 2.47. The van der Waals surface area contributed by atoms with Crippen molar-refractivity contribution in [2.45, 2.75) is 19.4 Å². The van der Waals surface area contributed by atoms with Gasteiger partial charge in [-0.15, -0.1) is 0 Å². The standard InChI is InChI=1S/C25H18Cl2FNO3/c1-2-14-6-8-15(9-7-14)22-21(23(30)16-4-3-5-17(26)12-16)24(31)25(32)29(22)18-10-11-20(28)19(27)13-18/h3-13,22,30H,2H2,1H3/b23-21+. The highest BCUT2D eigenvalue weighted by Crippen LogP contribution is 2.43. The Labute approximate surface area is 194 Å². The summed E-state index contributed by atoms with van der Waals surface area (Å²) in [6.45, 7) is 2.01. The van der Waals surface area contributed by atoms with E-state index in [0.29, 0.717) is 16.1 Å². The van der Waals surface area contributed by atoms with Gasteiger partial charge in [0.25, 0.3) is 11.7 Å². The number of benzene rings is 3. The zero-order valence-electron chi connectivity index (χ0n) is 17.0. The second-order valence-corrected chi connectivity index (χ2v) is 8.22. The average Bonchev–Trinajstić information content (AvgIpc) is 3.06. The molecule has 0 radical (unpaired) electrons. The molecule has 7 heteroatoms. The number of halogens is 3. The first-order valence-corrected chi connectivity index (χ1v) is 10.7. The Morgan fingerprint density at radius 3 is 2.38 bits per heavy atom. The van der Waals surface area contributed by atoms with Gasteiger partial charge in [-0.05, 0) is 47.9 Å². The van der Waals surface area contributed by atoms with Crippen LogP contribution < -0.4 is 4.90 Å². The summed E-state index contributed by atoms with van der Waals surface area (Å²) >= 11 is 12.0. The van der Waals surface area contributed by atoms with Crippen molar-refractivity contribution in [3.63, 3.8) is 0 Å². The highest BCUT2D eigenvalue weighted by atomic mass is 35.5. The molecule has 1 fully saturated rings. The number of hydrogen-bond acceptors (Lipinski definition) is 3. The lowest BCUT2D eigenvalue weighted by Gasteiger charge is -2.26. The fraction of sp³-hybridized carbons (Fsp3) is 0.120. The van der Waals surface area contributed by atoms with Crippen molar-refractivity contribution >= 4 is 46.3 Å². The number of aryl methyl sites for hydroxylation is 1. The Bertz CT molecular complexity index is 1250. The SMILES string of the molecule is CCc1ccc(C2/C(=C(\O)c3cccc(Cl)c3)C(=O)C(=O)N2c2ccc(F)c(Cl)c2)cc1. The molecule has 4 rings (SSSR count). The Balaban J connectivity index is 1.95. The van der Waals surface area contributed by atoms with Crippen LogP contribution in [0.4, 0.5) is 10.1 Å². The summed E-state index contributed by atoms with van der Waals surface area (Å²) in [4.78, 5) is 27.4. The maximum atomic E-state index is 13.8. The van der Waals surface area contributed by atoms with Gasteiger partial charge in [-0.1, -0.05) is 66.5 Å². The van der Waals surface area contributed by atoms with Crippen molar-refractivity contribution in [1.82, 2.24) is 0 Å². The number of ketones is 1. The predicted octanol–water partition coefficient (Wildman–Crippen LogP) is 6.32. The van der Waals surface area contributed by atoms with Crippen molar-refractivity contribution in [2.75, 3.05) is 4.90 Å². The van der Waals surface area contributed by atoms with E-state index in [1.165, 1.54) is 23.1 Å². The van der Waals surface area contributed by atoms with Crippen LogP contribution in [-0.2, 0) is 16.0 Å². The van der Waals surface area contributed by atoms with Crippen molar-refractivity contribution in [1.29, 1.82) is 0 Å². The van der Waals surface area contributed by atoms with Gasteiger partial charge in [0.2, 0.25) is 0 Å². The van der Waals surface area contributed by atoms with Crippen LogP contribution in [0, 0.1) is 5.82 Å². The smallest absolute Gasteiger partial charge is 0.300 e. The van der Waals surface area contributed by atoms with Crippen molar-refractivity contribution < 1.29 is 19.1 Å². The largest absolute Gasteiger partial charge is 0.507 e. The summed E-state index contributed by atoms with van der Waals surface area (Å²) in [5, 5.41) is 11.3. The van der Waals surface area contributed by atoms with Crippen LogP contribution in [0.2, 0.25) is 10.0 Å². The van der Waals surface area contributed by atoms with Gasteiger partial charge in [0.05, 0.1) is 16.6 Å². The lowest BCUT2D eigenvalue weighted by molar-refractivity contribution is -0.132. The molecule has 3 aromatic carbocycles. The number of carbonyl (C=O) groups is 2. The molecular weight excluding hydrogens is 452 g/mol. The van der Waals surface area contributed by atoms with Gasteiger partial charge in [0.15, 0.2) is 0 Å². The Morgan fingerprint density at radius 1 is 1.03 bits per heavy atom. The van der Waals surface area contributed by atoms with Crippen LogP contribution >= 0.6 is 23.2 Å². The lowest BCUT2D eigenvalue weighted by atomic mass is 9.94. The van der Waals surface area contributed by atoms with Gasteiger partial charge in [0.1, 0.15) is 11.6 Å². The van der Waals surface area contributed by atoms with Gasteiger partial charge < -0.3 is 5.11 Å². The molecule has 1 N–H and O–H groups in total. The predicted molar refractivity (Wildman–Crippen MR) is 123 cm³/mol. The molecule has 0 spiro atoms. The third-order valence-electron chi connectivity index (χ3n) is 5.43. The third kappa shape index (κ3) is 3.90. The maximum absolute atomic E-state index is 13.8. The number of Topliss-reactive ketones (excluding diaryl/α,β-unsaturated/α-hetero) is 1. The average molecular weight is 470 g/mol. The number of anilines is 1. The van der Waals surface area contributed by atoms with E-state index in [4.69, 9.17) is 23.2 Å². The van der Waals surface area contributed by atoms with E-state index in [9.17, 15) is 19.1 Å². The van der Waals surface area contributed by atoms with Crippen LogP contribution in [0.15, 0.2) is 72.3 Å². The van der Waals surface area contributed by atoms with Gasteiger partial charge in [0, 0.05) is 16.3 Å². The van der Waals surface area contributed by atoms with Gasteiger partial charge in [-0.2, -0.15) is 0 Å². The van der Waals surface area contributed by atoms with E-state index in [1.54, 1.807) is 30.3 Å². The fourth-order valence-electron chi connectivity index (χ4n) is 3.78. The third-order valence-corrected chi connectivity index (χ3v) is 5.95. The number of aliphatic hydroxyl groups is 1. The minimum Gasteiger partial charge on any atom is -0.507 e. The molecular formula is C25H18Cl2FNO3. The maximum Gasteiger partial charge on any atom is 0.300 e. The number of carbonyl (C=O) groups excluding carboxylic acids is 2. The zero-order chi connectivity index (χ0) is 23.0. The molecule has 1 unspecified atom stereocenters. The molecule has 162 valence electrons. The molecule has 1 aliphatic heterocycles. The minimum absolute atomic E-state index is 0.0815. The van der Waals surface area contributed by atoms with Crippen molar-refractivity contribution in [3.05, 3.63) is 105 Å². The first kappa shape index (κ1) is 22.1. The highest BCUT2D eigenvalue weighted by molar-refractivity contribution is 6.51. The summed E-state index contributed by atoms with van der Waals surface area (Å²) in [6.07, 6.45) is 0.816. The van der Waals surface area contributed by atoms with Crippen LogP contribution in [0.25, 0.3) is 5.76 Å². The van der Waals surface area contributed by atoms with Crippen LogP contribution in [0.3, 0.4) is 0 Å². The lowest BCUT2D eigenvalue weighted by Crippen LogP contribution is -2.29. The molecule has 0 saturated carbocycles. The molecule has 1 atom stereocenters. The van der Waals surface area contributed by atoms with E-state index in [1.807, 2.05) is 19.1 Å². The van der Waals surface area contributed by atoms with Gasteiger partial charge in [-0.25, -0.2) is 4.39 Å². The number of amides is 1. The van der Waals surface area contributed by atoms with Crippen LogP contribution in [0.5, 0.6) is 0 Å². The van der Waals surface area contributed by atoms with E-state index < -0.39 is 23.5 Å². The molecule has 1 saturated heterocycles. The Morgan fingerprint density at radius 2 is 1.75 bits per heavy atom. The fourth-order valence-corrected chi connectivity index (χ4v) is 4.14. The summed E-state index contributed by atoms with van der Waals surface area (Å²) in [7, 11) is 0. The van der Waals surface area contributed by atoms with Crippen LogP contribution in [0.1, 0.15) is 29.7 Å². The minimum atomic E-state index is -0.929. The van der Waals surface area contributed by atoms with Crippen LogP contribution in [-0.4, -0.2) is 16.8 Å². The van der Waals surface area contributed by atoms with Crippen molar-refractivity contribution in [2.24, 2.45) is 0 Å². The summed E-state index contributed by atoms with van der Waals surface area (Å²) in [5.74, 6) is -2.69. The molecule has 32 heavy (non-hydrogen) atoms. The normalized spacial score (nSPS) is 17.8. The molecule has 0 bridgehead atoms. The molecule has 0 aromatic heterocycles. The number of hydrogen-bond donors (Lipinski definition) is 1. The first-order valence-electron chi connectivity index (χ1n) is 9.92. The molecule has 3 aromatic rings. The molecule has 1 aliphatic rings. The summed E-state index contributed by atoms with van der Waals surface area (Å²) in [6, 6.07) is 16.6. The summed E-state index contributed by atoms with van der Waals surface area (Å²) < 4.78 is 13.8. The molecule has 1 heterocycles. The first-order chi connectivity index (χ1) is 15.3. The molecule has 4 nitrogen and oxygen atoms in total. The second-order valence-electron chi connectivity index (χ2n) is 7.37. The Kier molecular flexibility index (Phi) is 6.04. The Hall–Kier alpha value is -3.15. The molecule has 1 amide bonds. The van der Waals surface area contributed by atoms with E-state index in [-0.39, 0.29) is 22.0 Å². The van der Waals surface area contributed by atoms with Crippen molar-refractivity contribution in [3.8, 4) is 0 Å². The summed E-state index contributed by atoms with van der Waals surface area (Å²) in [5.41, 5.74) is 2.16. The topological polar surface area (TPSA) is 57.6 Å². The zero-order valence-corrected chi connectivity index (χ0v) is 18.5. The van der Waals surface area contributed by atoms with Gasteiger partial charge in [-0.3, -0.25) is 14.5 Å². The monoisotopic (exact) mass is 469 g/mol. The van der Waals surface area contributed by atoms with E-state index >= 15 is 0 Å². The quantitative estimate of drug-likeness (QED) is 0.276. The van der Waals surface area contributed by atoms with E-state index in [0.717, 1.165) is 18.1 Å².